The molecule has 1 amide bonds. The molecule has 0 heterocycles. The summed E-state index contributed by atoms with van der Waals surface area (Å²) >= 11 is 0. The molecule has 0 radical (unpaired) electrons. The molecule has 0 aliphatic heterocycles. The van der Waals surface area contributed by atoms with Crippen molar-refractivity contribution in [1.82, 2.24) is 5.48 Å². The first-order chi connectivity index (χ1) is 13.5. The van der Waals surface area contributed by atoms with Crippen LogP contribution in [0.2, 0.25) is 0 Å². The van der Waals surface area contributed by atoms with Gasteiger partial charge in [-0.25, -0.2) is 13.9 Å². The van der Waals surface area contributed by atoms with Crippen LogP contribution in [0.4, 0.5) is 5.69 Å². The summed E-state index contributed by atoms with van der Waals surface area (Å²) in [6.45, 7) is 0. The average molecular weight is 394 g/mol. The number of carbonyl (C=O) groups is 1. The summed E-state index contributed by atoms with van der Waals surface area (Å²) in [4.78, 5) is 11.1. The van der Waals surface area contributed by atoms with E-state index in [9.17, 15) is 13.2 Å². The Balaban J connectivity index is 1.73. The number of anilines is 1. The van der Waals surface area contributed by atoms with E-state index < -0.39 is 15.9 Å². The molecule has 6 nitrogen and oxygen atoms in total. The lowest BCUT2D eigenvalue weighted by atomic mass is 10.1. The first-order valence-corrected chi connectivity index (χ1v) is 9.87. The Morgan fingerprint density at radius 2 is 1.43 bits per heavy atom. The van der Waals surface area contributed by atoms with Crippen molar-refractivity contribution in [1.29, 1.82) is 0 Å². The van der Waals surface area contributed by atoms with Crippen LogP contribution in [0.3, 0.4) is 0 Å². The van der Waals surface area contributed by atoms with Crippen LogP contribution < -0.4 is 10.2 Å². The maximum Gasteiger partial charge on any atom is 0.267 e. The second-order valence-corrected chi connectivity index (χ2v) is 7.61. The van der Waals surface area contributed by atoms with Gasteiger partial charge >= 0.3 is 0 Å². The van der Waals surface area contributed by atoms with Gasteiger partial charge < -0.3 is 0 Å². The fraction of sp³-hybridized carbons (Fsp3) is 0. The van der Waals surface area contributed by atoms with Gasteiger partial charge in [0.25, 0.3) is 15.9 Å². The van der Waals surface area contributed by atoms with E-state index >= 15 is 0 Å². The van der Waals surface area contributed by atoms with E-state index in [0.717, 1.165) is 17.2 Å². The second-order valence-electron chi connectivity index (χ2n) is 5.93. The van der Waals surface area contributed by atoms with Crippen molar-refractivity contribution in [3.8, 4) is 11.1 Å². The highest BCUT2D eigenvalue weighted by molar-refractivity contribution is 7.92. The van der Waals surface area contributed by atoms with E-state index in [2.05, 4.69) is 4.72 Å². The largest absolute Gasteiger partial charge is 0.288 e. The first-order valence-electron chi connectivity index (χ1n) is 8.38. The third-order valence-electron chi connectivity index (χ3n) is 3.97. The molecule has 142 valence electrons. The van der Waals surface area contributed by atoms with Gasteiger partial charge in [-0.1, -0.05) is 54.6 Å². The summed E-state index contributed by atoms with van der Waals surface area (Å²) in [5, 5.41) is 8.45. The van der Waals surface area contributed by atoms with Crippen LogP contribution in [0.15, 0.2) is 89.8 Å². The second kappa shape index (κ2) is 8.51. The lowest BCUT2D eigenvalue weighted by Crippen LogP contribution is -2.14. The van der Waals surface area contributed by atoms with Gasteiger partial charge in [-0.05, 0) is 47.0 Å². The molecule has 0 saturated carbocycles. The Bertz CT molecular complexity index is 1080. The molecule has 0 aliphatic carbocycles. The summed E-state index contributed by atoms with van der Waals surface area (Å²) in [7, 11) is -3.72. The van der Waals surface area contributed by atoms with Crippen LogP contribution >= 0.6 is 0 Å². The molecule has 0 aromatic heterocycles. The number of carbonyl (C=O) groups excluding carboxylic acids is 1. The highest BCUT2D eigenvalue weighted by Crippen LogP contribution is 2.22. The maximum absolute atomic E-state index is 12.6. The van der Waals surface area contributed by atoms with Gasteiger partial charge in [0, 0.05) is 11.8 Å². The van der Waals surface area contributed by atoms with Crippen molar-refractivity contribution in [2.24, 2.45) is 0 Å². The van der Waals surface area contributed by atoms with Crippen LogP contribution in [0.1, 0.15) is 5.56 Å². The van der Waals surface area contributed by atoms with E-state index in [1.807, 2.05) is 30.3 Å². The number of benzene rings is 3. The van der Waals surface area contributed by atoms with Gasteiger partial charge in [0.05, 0.1) is 4.90 Å². The molecule has 3 rings (SSSR count). The Morgan fingerprint density at radius 1 is 0.821 bits per heavy atom. The minimum absolute atomic E-state index is 0.163. The fourth-order valence-electron chi connectivity index (χ4n) is 2.54. The molecule has 3 N–H and O–H groups in total. The molecule has 0 aliphatic rings. The number of nitrogens with one attached hydrogen (secondary N) is 2. The smallest absolute Gasteiger partial charge is 0.267 e. The Morgan fingerprint density at radius 3 is 2.04 bits per heavy atom. The van der Waals surface area contributed by atoms with Gasteiger partial charge in [0.2, 0.25) is 0 Å². The van der Waals surface area contributed by atoms with Crippen LogP contribution in [-0.4, -0.2) is 19.5 Å². The zero-order chi connectivity index (χ0) is 20.0. The maximum atomic E-state index is 12.6. The van der Waals surface area contributed by atoms with Crippen molar-refractivity contribution >= 4 is 27.7 Å². The SMILES string of the molecule is O=C(/C=C/c1ccc(NS(=O)(=O)c2ccc(-c3ccccc3)cc2)cc1)NO. The monoisotopic (exact) mass is 394 g/mol. The number of hydroxylamine groups is 1. The van der Waals surface area contributed by atoms with E-state index in [1.165, 1.54) is 11.6 Å². The van der Waals surface area contributed by atoms with Crippen LogP contribution in [0.5, 0.6) is 0 Å². The predicted molar refractivity (Wildman–Crippen MR) is 108 cm³/mol. The quantitative estimate of drug-likeness (QED) is 0.338. The van der Waals surface area contributed by atoms with Gasteiger partial charge in [0.15, 0.2) is 0 Å². The first kappa shape index (κ1) is 19.3. The van der Waals surface area contributed by atoms with E-state index in [1.54, 1.807) is 48.5 Å². The molecule has 0 spiro atoms. The van der Waals surface area contributed by atoms with Crippen molar-refractivity contribution in [2.45, 2.75) is 4.90 Å². The van der Waals surface area contributed by atoms with Crippen molar-refractivity contribution in [3.63, 3.8) is 0 Å². The highest BCUT2D eigenvalue weighted by atomic mass is 32.2. The molecule has 0 atom stereocenters. The van der Waals surface area contributed by atoms with Gasteiger partial charge in [-0.3, -0.25) is 14.7 Å². The molecule has 7 heteroatoms. The van der Waals surface area contributed by atoms with Crippen LogP contribution in [-0.2, 0) is 14.8 Å². The molecule has 0 unspecified atom stereocenters. The topological polar surface area (TPSA) is 95.5 Å². The third kappa shape index (κ3) is 4.85. The van der Waals surface area contributed by atoms with Crippen LogP contribution in [0, 0.1) is 0 Å². The molecular weight excluding hydrogens is 376 g/mol. The molecule has 0 bridgehead atoms. The Labute approximate surface area is 163 Å². The van der Waals surface area contributed by atoms with E-state index in [0.29, 0.717) is 11.3 Å². The molecule has 0 fully saturated rings. The average Bonchev–Trinajstić information content (AvgIpc) is 2.73. The van der Waals surface area contributed by atoms with Crippen molar-refractivity contribution in [3.05, 3.63) is 90.5 Å². The zero-order valence-corrected chi connectivity index (χ0v) is 15.6. The van der Waals surface area contributed by atoms with Crippen molar-refractivity contribution < 1.29 is 18.4 Å². The lowest BCUT2D eigenvalue weighted by molar-refractivity contribution is -0.124. The fourth-order valence-corrected chi connectivity index (χ4v) is 3.60. The van der Waals surface area contributed by atoms with Gasteiger partial charge in [-0.15, -0.1) is 0 Å². The number of hydrogen-bond acceptors (Lipinski definition) is 4. The predicted octanol–water partition coefficient (Wildman–Crippen LogP) is 3.67. The Kier molecular flexibility index (Phi) is 5.88. The van der Waals surface area contributed by atoms with Crippen LogP contribution in [0.25, 0.3) is 17.2 Å². The number of amides is 1. The van der Waals surface area contributed by atoms with Gasteiger partial charge in [-0.2, -0.15) is 0 Å². The molecular formula is C21H18N2O4S. The number of hydrogen-bond donors (Lipinski definition) is 3. The summed E-state index contributed by atoms with van der Waals surface area (Å²) in [6, 6.07) is 22.8. The summed E-state index contributed by atoms with van der Waals surface area (Å²) in [6.07, 6.45) is 2.65. The molecule has 3 aromatic rings. The van der Waals surface area contributed by atoms with Gasteiger partial charge in [0.1, 0.15) is 0 Å². The lowest BCUT2D eigenvalue weighted by Gasteiger charge is -2.09. The summed E-state index contributed by atoms with van der Waals surface area (Å²) < 4.78 is 27.7. The number of rotatable bonds is 6. The Hall–Kier alpha value is -3.42. The van der Waals surface area contributed by atoms with E-state index in [-0.39, 0.29) is 4.90 Å². The zero-order valence-electron chi connectivity index (χ0n) is 14.7. The number of sulfonamides is 1. The third-order valence-corrected chi connectivity index (χ3v) is 5.37. The molecule has 0 saturated heterocycles. The minimum Gasteiger partial charge on any atom is -0.288 e. The molecule has 3 aromatic carbocycles. The summed E-state index contributed by atoms with van der Waals surface area (Å²) in [5.41, 5.74) is 4.52. The van der Waals surface area contributed by atoms with E-state index in [4.69, 9.17) is 5.21 Å². The highest BCUT2D eigenvalue weighted by Gasteiger charge is 2.14. The minimum atomic E-state index is -3.72. The standard InChI is InChI=1S/C21H18N2O4S/c24-21(22-25)15-8-16-6-11-19(12-7-16)23-28(26,27)20-13-9-18(10-14-20)17-4-2-1-3-5-17/h1-15,23,25H,(H,22,24)/b15-8+. The van der Waals surface area contributed by atoms with Crippen molar-refractivity contribution in [2.75, 3.05) is 4.72 Å². The molecule has 28 heavy (non-hydrogen) atoms. The summed E-state index contributed by atoms with van der Waals surface area (Å²) in [5.74, 6) is -0.649. The normalized spacial score (nSPS) is 11.3.